The van der Waals surface area contributed by atoms with Crippen molar-refractivity contribution in [1.29, 1.82) is 0 Å². The zero-order valence-corrected chi connectivity index (χ0v) is 11.1. The van der Waals surface area contributed by atoms with Crippen LogP contribution in [-0.4, -0.2) is 27.6 Å². The highest BCUT2D eigenvalue weighted by Crippen LogP contribution is 2.16. The lowest BCUT2D eigenvalue weighted by Gasteiger charge is -2.15. The molecule has 0 aliphatic heterocycles. The Labute approximate surface area is 106 Å². The number of hydrogen-bond acceptors (Lipinski definition) is 3. The Balaban J connectivity index is 2.11. The fourth-order valence-electron chi connectivity index (χ4n) is 1.95. The normalized spacial score (nSPS) is 10.7. The van der Waals surface area contributed by atoms with Crippen molar-refractivity contribution in [2.75, 3.05) is 7.05 Å². The van der Waals surface area contributed by atoms with Gasteiger partial charge in [0.05, 0.1) is 11.8 Å². The van der Waals surface area contributed by atoms with Crippen molar-refractivity contribution in [3.05, 3.63) is 41.1 Å². The number of furan rings is 1. The minimum atomic E-state index is -0.0341. The maximum Gasteiger partial charge on any atom is 0.257 e. The lowest BCUT2D eigenvalue weighted by atomic mass is 10.2. The summed E-state index contributed by atoms with van der Waals surface area (Å²) >= 11 is 0. The van der Waals surface area contributed by atoms with Gasteiger partial charge < -0.3 is 9.32 Å². The Morgan fingerprint density at radius 2 is 2.22 bits per heavy atom. The van der Waals surface area contributed by atoms with E-state index in [2.05, 4.69) is 5.10 Å². The molecule has 0 unspecified atom stereocenters. The van der Waals surface area contributed by atoms with Crippen LogP contribution in [0, 0.1) is 13.8 Å². The third-order valence-electron chi connectivity index (χ3n) is 2.80. The molecule has 0 spiro atoms. The Bertz CT molecular complexity index is 569. The second-order valence-corrected chi connectivity index (χ2v) is 4.51. The highest BCUT2D eigenvalue weighted by molar-refractivity contribution is 5.95. The van der Waals surface area contributed by atoms with Crippen LogP contribution in [0.5, 0.6) is 0 Å². The zero-order chi connectivity index (χ0) is 13.3. The number of carbonyl (C=O) groups is 1. The van der Waals surface area contributed by atoms with Gasteiger partial charge in [-0.2, -0.15) is 5.10 Å². The van der Waals surface area contributed by atoms with E-state index in [1.54, 1.807) is 35.8 Å². The Hall–Kier alpha value is -2.04. The molecule has 5 heteroatoms. The molecule has 5 nitrogen and oxygen atoms in total. The average molecular weight is 247 g/mol. The van der Waals surface area contributed by atoms with Crippen LogP contribution in [0.2, 0.25) is 0 Å². The van der Waals surface area contributed by atoms with Crippen molar-refractivity contribution in [2.24, 2.45) is 7.05 Å². The van der Waals surface area contributed by atoms with E-state index in [9.17, 15) is 4.79 Å². The number of rotatable bonds is 3. The first kappa shape index (κ1) is 12.4. The van der Waals surface area contributed by atoms with Gasteiger partial charge in [-0.3, -0.25) is 9.48 Å². The summed E-state index contributed by atoms with van der Waals surface area (Å²) in [5.41, 5.74) is 1.63. The third-order valence-corrected chi connectivity index (χ3v) is 2.80. The molecular formula is C13H17N3O2. The van der Waals surface area contributed by atoms with Gasteiger partial charge in [0, 0.05) is 32.4 Å². The van der Waals surface area contributed by atoms with E-state index in [0.29, 0.717) is 17.9 Å². The first-order chi connectivity index (χ1) is 8.47. The molecule has 0 aromatic carbocycles. The first-order valence-electron chi connectivity index (χ1n) is 5.77. The molecule has 2 aromatic rings. The molecule has 2 heterocycles. The summed E-state index contributed by atoms with van der Waals surface area (Å²) < 4.78 is 7.10. The fourth-order valence-corrected chi connectivity index (χ4v) is 1.95. The molecule has 0 saturated heterocycles. The van der Waals surface area contributed by atoms with Crippen LogP contribution >= 0.6 is 0 Å². The van der Waals surface area contributed by atoms with E-state index in [4.69, 9.17) is 4.42 Å². The van der Waals surface area contributed by atoms with Gasteiger partial charge in [-0.25, -0.2) is 0 Å². The summed E-state index contributed by atoms with van der Waals surface area (Å²) in [6, 6.07) is 1.78. The average Bonchev–Trinajstić information content (AvgIpc) is 2.84. The number of carbonyl (C=O) groups excluding carboxylic acids is 1. The van der Waals surface area contributed by atoms with E-state index in [1.807, 2.05) is 20.2 Å². The van der Waals surface area contributed by atoms with Crippen LogP contribution in [0.25, 0.3) is 0 Å². The molecule has 0 saturated carbocycles. The molecule has 2 rings (SSSR count). The predicted octanol–water partition coefficient (Wildman–Crippen LogP) is 1.90. The van der Waals surface area contributed by atoms with Crippen molar-refractivity contribution in [2.45, 2.75) is 20.4 Å². The molecule has 0 fully saturated rings. The van der Waals surface area contributed by atoms with E-state index in [-0.39, 0.29) is 5.91 Å². The van der Waals surface area contributed by atoms with Crippen LogP contribution in [0.3, 0.4) is 0 Å². The van der Waals surface area contributed by atoms with Gasteiger partial charge in [-0.1, -0.05) is 0 Å². The summed E-state index contributed by atoms with van der Waals surface area (Å²) in [6.07, 6.45) is 3.66. The van der Waals surface area contributed by atoms with Crippen molar-refractivity contribution >= 4 is 5.91 Å². The molecule has 0 aliphatic carbocycles. The number of amides is 1. The Morgan fingerprint density at radius 3 is 2.72 bits per heavy atom. The SMILES string of the molecule is Cc1cc(C(=O)N(C)Cc2cnn(C)c2)c(C)o1. The Kier molecular flexibility index (Phi) is 3.23. The minimum absolute atomic E-state index is 0.0341. The monoisotopic (exact) mass is 247 g/mol. The molecule has 0 bridgehead atoms. The van der Waals surface area contributed by atoms with Gasteiger partial charge in [-0.05, 0) is 19.9 Å². The van der Waals surface area contributed by atoms with Gasteiger partial charge >= 0.3 is 0 Å². The smallest absolute Gasteiger partial charge is 0.257 e. The predicted molar refractivity (Wildman–Crippen MR) is 67.2 cm³/mol. The van der Waals surface area contributed by atoms with E-state index < -0.39 is 0 Å². The lowest BCUT2D eigenvalue weighted by Crippen LogP contribution is -2.26. The number of aryl methyl sites for hydroxylation is 3. The Morgan fingerprint density at radius 1 is 1.50 bits per heavy atom. The highest BCUT2D eigenvalue weighted by Gasteiger charge is 2.18. The van der Waals surface area contributed by atoms with Gasteiger partial charge in [-0.15, -0.1) is 0 Å². The van der Waals surface area contributed by atoms with Crippen LogP contribution < -0.4 is 0 Å². The van der Waals surface area contributed by atoms with Crippen molar-refractivity contribution in [1.82, 2.24) is 14.7 Å². The standard InChI is InChI=1S/C13H17N3O2/c1-9-5-12(10(2)18-9)13(17)15(3)7-11-6-14-16(4)8-11/h5-6,8H,7H2,1-4H3. The van der Waals surface area contributed by atoms with Gasteiger partial charge in [0.1, 0.15) is 11.5 Å². The molecule has 1 amide bonds. The molecule has 0 N–H and O–H groups in total. The highest BCUT2D eigenvalue weighted by atomic mass is 16.3. The second kappa shape index (κ2) is 4.68. The van der Waals surface area contributed by atoms with Crippen molar-refractivity contribution < 1.29 is 9.21 Å². The van der Waals surface area contributed by atoms with E-state index >= 15 is 0 Å². The van der Waals surface area contributed by atoms with Crippen LogP contribution in [0.4, 0.5) is 0 Å². The van der Waals surface area contributed by atoms with Crippen LogP contribution in [-0.2, 0) is 13.6 Å². The van der Waals surface area contributed by atoms with Crippen LogP contribution in [0.15, 0.2) is 22.9 Å². The number of nitrogens with zero attached hydrogens (tertiary/aromatic N) is 3. The van der Waals surface area contributed by atoms with Crippen molar-refractivity contribution in [3.63, 3.8) is 0 Å². The maximum absolute atomic E-state index is 12.2. The van der Waals surface area contributed by atoms with E-state index in [0.717, 1.165) is 11.3 Å². The zero-order valence-electron chi connectivity index (χ0n) is 11.1. The molecule has 0 aliphatic rings. The fraction of sp³-hybridized carbons (Fsp3) is 0.385. The quantitative estimate of drug-likeness (QED) is 0.832. The second-order valence-electron chi connectivity index (χ2n) is 4.51. The summed E-state index contributed by atoms with van der Waals surface area (Å²) in [7, 11) is 3.63. The molecule has 2 aromatic heterocycles. The van der Waals surface area contributed by atoms with Gasteiger partial charge in [0.2, 0.25) is 0 Å². The minimum Gasteiger partial charge on any atom is -0.466 e. The summed E-state index contributed by atoms with van der Waals surface area (Å²) in [5, 5.41) is 4.08. The van der Waals surface area contributed by atoms with Crippen molar-refractivity contribution in [3.8, 4) is 0 Å². The van der Waals surface area contributed by atoms with Gasteiger partial charge in [0.25, 0.3) is 5.91 Å². The molecule has 18 heavy (non-hydrogen) atoms. The summed E-state index contributed by atoms with van der Waals surface area (Å²) in [4.78, 5) is 13.9. The molecule has 0 radical (unpaired) electrons. The summed E-state index contributed by atoms with van der Waals surface area (Å²) in [6.45, 7) is 4.18. The maximum atomic E-state index is 12.2. The molecule has 0 atom stereocenters. The molecular weight excluding hydrogens is 230 g/mol. The summed E-state index contributed by atoms with van der Waals surface area (Å²) in [5.74, 6) is 1.38. The lowest BCUT2D eigenvalue weighted by molar-refractivity contribution is 0.0783. The molecule has 96 valence electrons. The van der Waals surface area contributed by atoms with Crippen LogP contribution in [0.1, 0.15) is 27.4 Å². The number of aromatic nitrogens is 2. The van der Waals surface area contributed by atoms with E-state index in [1.165, 1.54) is 0 Å². The topological polar surface area (TPSA) is 51.3 Å². The first-order valence-corrected chi connectivity index (χ1v) is 5.77. The number of hydrogen-bond donors (Lipinski definition) is 0. The van der Waals surface area contributed by atoms with Gasteiger partial charge in [0.15, 0.2) is 0 Å². The third kappa shape index (κ3) is 2.45. The largest absolute Gasteiger partial charge is 0.466 e.